The third-order valence-corrected chi connectivity index (χ3v) is 2.30. The summed E-state index contributed by atoms with van der Waals surface area (Å²) in [5, 5.41) is 13.5. The van der Waals surface area contributed by atoms with Gasteiger partial charge in [0, 0.05) is 12.4 Å². The van der Waals surface area contributed by atoms with Gasteiger partial charge in [0.2, 0.25) is 10.8 Å². The smallest absolute Gasteiger partial charge is 0.258 e. The van der Waals surface area contributed by atoms with Gasteiger partial charge in [0.25, 0.3) is 12.4 Å². The first-order valence-corrected chi connectivity index (χ1v) is 4.88. The fourth-order valence-corrected chi connectivity index (χ4v) is 1.53. The molecule has 0 bridgehead atoms. The summed E-state index contributed by atoms with van der Waals surface area (Å²) in [5.41, 5.74) is -1.96. The van der Waals surface area contributed by atoms with Crippen molar-refractivity contribution in [2.75, 3.05) is 0 Å². The number of alkyl halides is 2. The van der Waals surface area contributed by atoms with E-state index in [9.17, 15) is 18.9 Å². The fraction of sp³-hybridized carbons (Fsp3) is 0.125. The van der Waals surface area contributed by atoms with Gasteiger partial charge in [0.1, 0.15) is 0 Å². The van der Waals surface area contributed by atoms with Crippen LogP contribution in [0.1, 0.15) is 12.1 Å². The molecule has 0 N–H and O–H groups in total. The molecule has 2 aromatic heterocycles. The molecule has 10 heteroatoms. The van der Waals surface area contributed by atoms with E-state index in [4.69, 9.17) is 11.6 Å². The van der Waals surface area contributed by atoms with E-state index in [1.165, 1.54) is 18.5 Å². The Kier molecular flexibility index (Phi) is 3.15. The van der Waals surface area contributed by atoms with Crippen LogP contribution in [-0.4, -0.2) is 24.7 Å². The normalized spacial score (nSPS) is 10.9. The largest absolute Gasteiger partial charge is 0.335 e. The number of hydrogen-bond acceptors (Lipinski definition) is 5. The van der Waals surface area contributed by atoms with E-state index >= 15 is 0 Å². The molecule has 0 atom stereocenters. The minimum Gasteiger partial charge on any atom is -0.258 e. The van der Waals surface area contributed by atoms with Gasteiger partial charge in [0.05, 0.1) is 4.92 Å². The lowest BCUT2D eigenvalue weighted by atomic mass is 10.4. The first kappa shape index (κ1) is 12.3. The SMILES string of the molecule is O=[N+]([O-])c1c(C(F)F)nn(-c2ncccn2)c1Cl. The zero-order valence-electron chi connectivity index (χ0n) is 8.50. The molecular weight excluding hydrogens is 272 g/mol. The molecule has 0 aliphatic rings. The lowest BCUT2D eigenvalue weighted by Crippen LogP contribution is -2.02. The van der Waals surface area contributed by atoms with E-state index in [1.54, 1.807) is 0 Å². The Bertz CT molecular complexity index is 589. The van der Waals surface area contributed by atoms with Crippen molar-refractivity contribution in [1.82, 2.24) is 19.7 Å². The summed E-state index contributed by atoms with van der Waals surface area (Å²) < 4.78 is 25.9. The van der Waals surface area contributed by atoms with Crippen molar-refractivity contribution >= 4 is 17.3 Å². The van der Waals surface area contributed by atoms with E-state index < -0.39 is 27.9 Å². The van der Waals surface area contributed by atoms with Crippen LogP contribution < -0.4 is 0 Å². The maximum atomic E-state index is 12.6. The molecule has 0 unspecified atom stereocenters. The highest BCUT2D eigenvalue weighted by molar-refractivity contribution is 6.32. The Hall–Kier alpha value is -2.16. The Morgan fingerprint density at radius 2 is 2.00 bits per heavy atom. The van der Waals surface area contributed by atoms with Crippen LogP contribution in [0.15, 0.2) is 18.5 Å². The van der Waals surface area contributed by atoms with Crippen LogP contribution in [0.4, 0.5) is 14.5 Å². The molecule has 0 spiro atoms. The van der Waals surface area contributed by atoms with Crippen LogP contribution in [0.5, 0.6) is 0 Å². The van der Waals surface area contributed by atoms with Crippen molar-refractivity contribution in [1.29, 1.82) is 0 Å². The molecule has 0 saturated heterocycles. The highest BCUT2D eigenvalue weighted by atomic mass is 35.5. The first-order chi connectivity index (χ1) is 8.52. The zero-order valence-corrected chi connectivity index (χ0v) is 9.25. The van der Waals surface area contributed by atoms with Gasteiger partial charge in [-0.05, 0) is 6.07 Å². The predicted octanol–water partition coefficient (Wildman–Crippen LogP) is 2.16. The summed E-state index contributed by atoms with van der Waals surface area (Å²) >= 11 is 5.65. The van der Waals surface area contributed by atoms with Gasteiger partial charge in [-0.15, -0.1) is 0 Å². The fourth-order valence-electron chi connectivity index (χ4n) is 1.25. The van der Waals surface area contributed by atoms with Crippen LogP contribution in [0.2, 0.25) is 5.15 Å². The molecule has 2 rings (SSSR count). The van der Waals surface area contributed by atoms with Gasteiger partial charge >= 0.3 is 5.69 Å². The second-order valence-electron chi connectivity index (χ2n) is 3.04. The molecule has 2 aromatic rings. The number of aromatic nitrogens is 4. The van der Waals surface area contributed by atoms with Gasteiger partial charge in [-0.3, -0.25) is 10.1 Å². The maximum absolute atomic E-state index is 12.6. The Morgan fingerprint density at radius 3 is 2.44 bits per heavy atom. The second-order valence-corrected chi connectivity index (χ2v) is 3.40. The lowest BCUT2D eigenvalue weighted by molar-refractivity contribution is -0.386. The Balaban J connectivity index is 2.64. The molecule has 7 nitrogen and oxygen atoms in total. The lowest BCUT2D eigenvalue weighted by Gasteiger charge is -1.97. The summed E-state index contributed by atoms with van der Waals surface area (Å²) in [5.74, 6) is -0.127. The summed E-state index contributed by atoms with van der Waals surface area (Å²) in [6.07, 6.45) is -0.463. The molecule has 94 valence electrons. The summed E-state index contributed by atoms with van der Waals surface area (Å²) in [6, 6.07) is 1.49. The van der Waals surface area contributed by atoms with E-state index in [0.717, 1.165) is 0 Å². The highest BCUT2D eigenvalue weighted by Crippen LogP contribution is 2.35. The molecule has 0 saturated carbocycles. The van der Waals surface area contributed by atoms with Crippen LogP contribution in [-0.2, 0) is 0 Å². The molecule has 0 fully saturated rings. The molecule has 0 aliphatic carbocycles. The van der Waals surface area contributed by atoms with Crippen LogP contribution in [0.25, 0.3) is 5.95 Å². The second kappa shape index (κ2) is 4.61. The van der Waals surface area contributed by atoms with Gasteiger partial charge in [-0.1, -0.05) is 11.6 Å². The van der Waals surface area contributed by atoms with Crippen molar-refractivity contribution in [2.45, 2.75) is 6.43 Å². The van der Waals surface area contributed by atoms with Crippen molar-refractivity contribution in [3.05, 3.63) is 39.4 Å². The zero-order chi connectivity index (χ0) is 13.3. The topological polar surface area (TPSA) is 86.7 Å². The number of rotatable bonds is 3. The molecule has 0 aliphatic heterocycles. The molecule has 0 aromatic carbocycles. The molecule has 0 radical (unpaired) electrons. The first-order valence-electron chi connectivity index (χ1n) is 4.50. The summed E-state index contributed by atoms with van der Waals surface area (Å²) in [4.78, 5) is 17.1. The molecular formula is C8H4ClF2N5O2. The summed E-state index contributed by atoms with van der Waals surface area (Å²) in [6.45, 7) is 0. The van der Waals surface area contributed by atoms with Crippen molar-refractivity contribution in [2.24, 2.45) is 0 Å². The van der Waals surface area contributed by atoms with Crippen molar-refractivity contribution < 1.29 is 13.7 Å². The number of nitro groups is 1. The van der Waals surface area contributed by atoms with Crippen LogP contribution >= 0.6 is 11.6 Å². The van der Waals surface area contributed by atoms with Gasteiger partial charge in [0.15, 0.2) is 0 Å². The third kappa shape index (κ3) is 1.99. The Morgan fingerprint density at radius 1 is 1.39 bits per heavy atom. The van der Waals surface area contributed by atoms with E-state index in [-0.39, 0.29) is 5.95 Å². The molecule has 2 heterocycles. The van der Waals surface area contributed by atoms with Gasteiger partial charge < -0.3 is 0 Å². The quantitative estimate of drug-likeness (QED) is 0.633. The summed E-state index contributed by atoms with van der Waals surface area (Å²) in [7, 11) is 0. The van der Waals surface area contributed by atoms with Crippen molar-refractivity contribution in [3.63, 3.8) is 0 Å². The monoisotopic (exact) mass is 275 g/mol. The van der Waals surface area contributed by atoms with Crippen LogP contribution in [0.3, 0.4) is 0 Å². The number of hydrogen-bond donors (Lipinski definition) is 0. The van der Waals surface area contributed by atoms with E-state index in [0.29, 0.717) is 4.68 Å². The van der Waals surface area contributed by atoms with Crippen LogP contribution in [0, 0.1) is 10.1 Å². The standard InChI is InChI=1S/C8H4ClF2N5O2/c9-6-5(16(17)18)4(7(10)11)14-15(6)8-12-2-1-3-13-8/h1-3,7H. The minimum absolute atomic E-state index is 0.127. The molecule has 0 amide bonds. The number of nitrogens with zero attached hydrogens (tertiary/aromatic N) is 5. The third-order valence-electron chi connectivity index (χ3n) is 1.96. The predicted molar refractivity (Wildman–Crippen MR) is 55.8 cm³/mol. The average molecular weight is 276 g/mol. The van der Waals surface area contributed by atoms with E-state index in [2.05, 4.69) is 15.1 Å². The molecule has 18 heavy (non-hydrogen) atoms. The van der Waals surface area contributed by atoms with E-state index in [1.807, 2.05) is 0 Å². The Labute approximate surface area is 103 Å². The number of halogens is 3. The van der Waals surface area contributed by atoms with Crippen molar-refractivity contribution in [3.8, 4) is 5.95 Å². The maximum Gasteiger partial charge on any atom is 0.335 e. The minimum atomic E-state index is -3.12. The average Bonchev–Trinajstić information content (AvgIpc) is 2.68. The van der Waals surface area contributed by atoms with Gasteiger partial charge in [-0.2, -0.15) is 9.78 Å². The highest BCUT2D eigenvalue weighted by Gasteiger charge is 2.33. The van der Waals surface area contributed by atoms with Gasteiger partial charge in [-0.25, -0.2) is 18.7 Å².